The average molecular weight is 473 g/mol. The molecule has 0 radical (unpaired) electrons. The van der Waals surface area contributed by atoms with E-state index in [-0.39, 0.29) is 29.5 Å². The molecule has 0 N–H and O–H groups in total. The summed E-state index contributed by atoms with van der Waals surface area (Å²) in [6, 6.07) is 5.31. The minimum atomic E-state index is -4.86. The Morgan fingerprint density at radius 3 is 2.21 bits per heavy atom. The fourth-order valence-corrected chi connectivity index (χ4v) is 5.09. The molecular weight excluding hydrogens is 448 g/mol. The van der Waals surface area contributed by atoms with E-state index in [1.54, 1.807) is 29.9 Å². The van der Waals surface area contributed by atoms with Crippen molar-refractivity contribution in [2.75, 3.05) is 26.2 Å². The molecule has 1 spiro atoms. The van der Waals surface area contributed by atoms with Gasteiger partial charge in [-0.15, -0.1) is 0 Å². The fourth-order valence-electron chi connectivity index (χ4n) is 5.09. The molecule has 1 atom stereocenters. The number of nitrogens with zero attached hydrogens (tertiary/aromatic N) is 3. The van der Waals surface area contributed by atoms with Crippen LogP contribution in [0.25, 0.3) is 0 Å². The lowest BCUT2D eigenvalue weighted by Crippen LogP contribution is -2.47. The van der Waals surface area contributed by atoms with Crippen molar-refractivity contribution in [3.63, 3.8) is 0 Å². The Labute approximate surface area is 187 Å². The molecule has 4 rings (SSSR count). The summed E-state index contributed by atoms with van der Waals surface area (Å²) in [5.74, 6) is -0.0623. The van der Waals surface area contributed by atoms with Crippen molar-refractivity contribution in [1.82, 2.24) is 14.4 Å². The second-order valence-electron chi connectivity index (χ2n) is 9.21. The van der Waals surface area contributed by atoms with Crippen LogP contribution in [0.2, 0.25) is 0 Å². The maximum absolute atomic E-state index is 13.2. The molecule has 1 aromatic heterocycles. The lowest BCUT2D eigenvalue weighted by Gasteiger charge is -2.40. The van der Waals surface area contributed by atoms with Gasteiger partial charge in [0.1, 0.15) is 5.69 Å². The molecule has 2 saturated heterocycles. The first-order chi connectivity index (χ1) is 15.4. The smallest absolute Gasteiger partial charge is 0.347 e. The van der Waals surface area contributed by atoms with Crippen LogP contribution >= 0.6 is 0 Å². The summed E-state index contributed by atoms with van der Waals surface area (Å²) in [7, 11) is 1.80. The van der Waals surface area contributed by atoms with Crippen LogP contribution in [0, 0.1) is 5.41 Å². The zero-order valence-corrected chi connectivity index (χ0v) is 18.1. The lowest BCUT2D eigenvalue weighted by atomic mass is 9.79. The van der Waals surface area contributed by atoms with Gasteiger partial charge in [0, 0.05) is 44.8 Å². The average Bonchev–Trinajstić information content (AvgIpc) is 3.32. The Morgan fingerprint density at radius 1 is 0.970 bits per heavy atom. The van der Waals surface area contributed by atoms with E-state index in [0.717, 1.165) is 31.4 Å². The van der Waals surface area contributed by atoms with Crippen molar-refractivity contribution in [2.45, 2.75) is 38.2 Å². The molecule has 2 aliphatic rings. The third kappa shape index (κ3) is 5.05. The molecule has 1 amide bonds. The van der Waals surface area contributed by atoms with E-state index in [0.29, 0.717) is 31.9 Å². The molecule has 33 heavy (non-hydrogen) atoms. The monoisotopic (exact) mass is 473 g/mol. The van der Waals surface area contributed by atoms with Gasteiger partial charge in [0.15, 0.2) is 0 Å². The SMILES string of the molecule is Cn1cccc1C(=O)N1CCC[C@@]2(CCN(Cc3cc(C(F)(F)F)cc(C(F)(F)F)c3)C2)C1. The zero-order valence-electron chi connectivity index (χ0n) is 18.1. The number of alkyl halides is 6. The molecule has 180 valence electrons. The number of aryl methyl sites for hydroxylation is 1. The van der Waals surface area contributed by atoms with E-state index >= 15 is 0 Å². The Morgan fingerprint density at radius 2 is 1.64 bits per heavy atom. The topological polar surface area (TPSA) is 28.5 Å². The van der Waals surface area contributed by atoms with Crippen molar-refractivity contribution in [3.05, 3.63) is 58.9 Å². The Hall–Kier alpha value is -2.49. The molecule has 0 saturated carbocycles. The summed E-state index contributed by atoms with van der Waals surface area (Å²) >= 11 is 0. The van der Waals surface area contributed by atoms with Crippen molar-refractivity contribution < 1.29 is 31.1 Å². The molecule has 3 heterocycles. The quantitative estimate of drug-likeness (QED) is 0.574. The van der Waals surface area contributed by atoms with Crippen molar-refractivity contribution >= 4 is 5.91 Å². The number of rotatable bonds is 3. The van der Waals surface area contributed by atoms with Crippen LogP contribution < -0.4 is 0 Å². The highest BCUT2D eigenvalue weighted by Crippen LogP contribution is 2.41. The maximum Gasteiger partial charge on any atom is 0.416 e. The summed E-state index contributed by atoms with van der Waals surface area (Å²) in [6.07, 6.45) is -5.49. The highest BCUT2D eigenvalue weighted by molar-refractivity contribution is 5.92. The number of aromatic nitrogens is 1. The predicted molar refractivity (Wildman–Crippen MR) is 109 cm³/mol. The molecule has 10 heteroatoms. The standard InChI is InChI=1S/C23H25F6N3O/c1-30-7-2-4-19(30)20(33)32-8-3-5-21(15-32)6-9-31(14-21)13-16-10-17(22(24,25)26)12-18(11-16)23(27,28)29/h2,4,7,10-12H,3,5-6,8-9,13-15H2,1H3/t21-/m0/s1. The molecule has 0 unspecified atom stereocenters. The Kier molecular flexibility index (Phi) is 6.01. The van der Waals surface area contributed by atoms with E-state index < -0.39 is 23.5 Å². The minimum Gasteiger partial charge on any atom is -0.347 e. The molecular formula is C23H25F6N3O. The van der Waals surface area contributed by atoms with Crippen LogP contribution in [0.5, 0.6) is 0 Å². The van der Waals surface area contributed by atoms with E-state index in [1.165, 1.54) is 0 Å². The number of benzene rings is 1. The third-order valence-corrected chi connectivity index (χ3v) is 6.68. The molecule has 2 aliphatic heterocycles. The molecule has 2 fully saturated rings. The minimum absolute atomic E-state index is 0.000503. The van der Waals surface area contributed by atoms with Crippen LogP contribution in [0.1, 0.15) is 46.4 Å². The van der Waals surface area contributed by atoms with Crippen LogP contribution in [0.4, 0.5) is 26.3 Å². The number of halogens is 6. The number of likely N-dealkylation sites (tertiary alicyclic amines) is 2. The van der Waals surface area contributed by atoms with E-state index in [2.05, 4.69) is 0 Å². The number of carbonyl (C=O) groups is 1. The number of hydrogen-bond acceptors (Lipinski definition) is 2. The Balaban J connectivity index is 1.49. The second-order valence-corrected chi connectivity index (χ2v) is 9.21. The predicted octanol–water partition coefficient (Wildman–Crippen LogP) is 5.19. The van der Waals surface area contributed by atoms with Gasteiger partial charge in [-0.25, -0.2) is 0 Å². The van der Waals surface area contributed by atoms with Crippen molar-refractivity contribution in [1.29, 1.82) is 0 Å². The highest BCUT2D eigenvalue weighted by Gasteiger charge is 2.43. The highest BCUT2D eigenvalue weighted by atomic mass is 19.4. The number of hydrogen-bond donors (Lipinski definition) is 0. The molecule has 0 bridgehead atoms. The number of amides is 1. The van der Waals surface area contributed by atoms with Gasteiger partial charge in [0.05, 0.1) is 11.1 Å². The first kappa shape index (κ1) is 23.7. The van der Waals surface area contributed by atoms with Crippen LogP contribution in [0.15, 0.2) is 36.5 Å². The second kappa shape index (κ2) is 8.38. The van der Waals surface area contributed by atoms with Crippen molar-refractivity contribution in [2.24, 2.45) is 12.5 Å². The molecule has 2 aromatic rings. The van der Waals surface area contributed by atoms with Crippen LogP contribution in [-0.2, 0) is 25.9 Å². The van der Waals surface area contributed by atoms with Crippen molar-refractivity contribution in [3.8, 4) is 0 Å². The largest absolute Gasteiger partial charge is 0.416 e. The first-order valence-electron chi connectivity index (χ1n) is 10.8. The van der Waals surface area contributed by atoms with Gasteiger partial charge in [-0.1, -0.05) is 0 Å². The molecule has 4 nitrogen and oxygen atoms in total. The first-order valence-corrected chi connectivity index (χ1v) is 10.8. The maximum atomic E-state index is 13.2. The normalized spacial score (nSPS) is 22.3. The number of piperidine rings is 1. The summed E-state index contributed by atoms with van der Waals surface area (Å²) in [5, 5.41) is 0. The van der Waals surface area contributed by atoms with Gasteiger partial charge in [0.2, 0.25) is 0 Å². The van der Waals surface area contributed by atoms with E-state index in [4.69, 9.17) is 0 Å². The third-order valence-electron chi connectivity index (χ3n) is 6.68. The summed E-state index contributed by atoms with van der Waals surface area (Å²) in [5.41, 5.74) is -2.21. The lowest BCUT2D eigenvalue weighted by molar-refractivity contribution is -0.143. The van der Waals surface area contributed by atoms with Gasteiger partial charge >= 0.3 is 12.4 Å². The van der Waals surface area contributed by atoms with Gasteiger partial charge < -0.3 is 9.47 Å². The fraction of sp³-hybridized carbons (Fsp3) is 0.522. The Bertz CT molecular complexity index is 996. The molecule has 0 aliphatic carbocycles. The van der Waals surface area contributed by atoms with Crippen LogP contribution in [-0.4, -0.2) is 46.5 Å². The van der Waals surface area contributed by atoms with E-state index in [1.807, 2.05) is 9.80 Å². The summed E-state index contributed by atoms with van der Waals surface area (Å²) < 4.78 is 80.8. The molecule has 1 aromatic carbocycles. The van der Waals surface area contributed by atoms with Gasteiger partial charge in [-0.05, 0) is 61.7 Å². The van der Waals surface area contributed by atoms with Crippen LogP contribution in [0.3, 0.4) is 0 Å². The van der Waals surface area contributed by atoms with Gasteiger partial charge in [0.25, 0.3) is 5.91 Å². The number of carbonyl (C=O) groups excluding carboxylic acids is 1. The summed E-state index contributed by atoms with van der Waals surface area (Å²) in [4.78, 5) is 16.6. The van der Waals surface area contributed by atoms with E-state index in [9.17, 15) is 31.1 Å². The van der Waals surface area contributed by atoms with Gasteiger partial charge in [-0.3, -0.25) is 9.69 Å². The zero-order chi connectivity index (χ0) is 24.0. The summed E-state index contributed by atoms with van der Waals surface area (Å²) in [6.45, 7) is 2.25. The van der Waals surface area contributed by atoms with Gasteiger partial charge in [-0.2, -0.15) is 26.3 Å².